The van der Waals surface area contributed by atoms with E-state index in [4.69, 9.17) is 0 Å². The highest BCUT2D eigenvalue weighted by Crippen LogP contribution is 2.08. The normalized spacial score (nSPS) is 9.71. The number of rotatable bonds is 6. The van der Waals surface area contributed by atoms with Gasteiger partial charge in [0.25, 0.3) is 0 Å². The van der Waals surface area contributed by atoms with Gasteiger partial charge in [-0.05, 0) is 18.4 Å². The van der Waals surface area contributed by atoms with Gasteiger partial charge in [0.05, 0.1) is 13.0 Å². The van der Waals surface area contributed by atoms with Crippen molar-refractivity contribution in [2.75, 3.05) is 19.7 Å². The van der Waals surface area contributed by atoms with Crippen LogP contribution in [0.4, 0.5) is 4.79 Å². The number of amides is 2. The summed E-state index contributed by atoms with van der Waals surface area (Å²) in [5, 5.41) is 7.18. The van der Waals surface area contributed by atoms with Gasteiger partial charge < -0.3 is 15.4 Å². The molecule has 6 heteroatoms. The lowest BCUT2D eigenvalue weighted by Gasteiger charge is -2.06. The van der Waals surface area contributed by atoms with E-state index in [1.54, 1.807) is 18.3 Å². The minimum Gasteiger partial charge on any atom is -0.450 e. The van der Waals surface area contributed by atoms with Crippen LogP contribution in [0.2, 0.25) is 0 Å². The Morgan fingerprint density at radius 3 is 2.76 bits per heavy atom. The fraction of sp³-hybridized carbons (Fsp3) is 0.455. The summed E-state index contributed by atoms with van der Waals surface area (Å²) < 4.78 is 4.67. The predicted octanol–water partition coefficient (Wildman–Crippen LogP) is 1.15. The first-order chi connectivity index (χ1) is 8.22. The molecule has 1 heterocycles. The highest BCUT2D eigenvalue weighted by atomic mass is 32.1. The summed E-state index contributed by atoms with van der Waals surface area (Å²) in [5.74, 6) is -0.0434. The van der Waals surface area contributed by atoms with E-state index in [1.165, 1.54) is 0 Å². The molecule has 5 nitrogen and oxygen atoms in total. The Hall–Kier alpha value is -1.56. The smallest absolute Gasteiger partial charge is 0.407 e. The molecule has 94 valence electrons. The lowest BCUT2D eigenvalue weighted by atomic mass is 10.3. The molecule has 0 bridgehead atoms. The molecule has 0 aliphatic carbocycles. The van der Waals surface area contributed by atoms with Gasteiger partial charge in [0, 0.05) is 18.0 Å². The zero-order valence-electron chi connectivity index (χ0n) is 9.69. The molecule has 1 rings (SSSR count). The second-order valence-corrected chi connectivity index (χ2v) is 4.29. The third-order valence-corrected chi connectivity index (χ3v) is 2.78. The van der Waals surface area contributed by atoms with Crippen LogP contribution in [-0.4, -0.2) is 31.7 Å². The van der Waals surface area contributed by atoms with Gasteiger partial charge in [-0.25, -0.2) is 4.79 Å². The van der Waals surface area contributed by atoms with Crippen molar-refractivity contribution < 1.29 is 14.3 Å². The van der Waals surface area contributed by atoms with Crippen LogP contribution in [0.3, 0.4) is 0 Å². The van der Waals surface area contributed by atoms with Gasteiger partial charge in [-0.3, -0.25) is 4.79 Å². The average molecular weight is 256 g/mol. The van der Waals surface area contributed by atoms with Crippen LogP contribution in [0.5, 0.6) is 0 Å². The van der Waals surface area contributed by atoms with Crippen molar-refractivity contribution in [1.82, 2.24) is 10.6 Å². The molecular formula is C11H16N2O3S. The molecule has 0 aliphatic heterocycles. The Balaban J connectivity index is 2.06. The van der Waals surface area contributed by atoms with Gasteiger partial charge in [-0.1, -0.05) is 6.07 Å². The van der Waals surface area contributed by atoms with Crippen LogP contribution < -0.4 is 10.6 Å². The van der Waals surface area contributed by atoms with E-state index in [-0.39, 0.29) is 5.91 Å². The fourth-order valence-electron chi connectivity index (χ4n) is 1.18. The first kappa shape index (κ1) is 13.5. The molecule has 0 unspecified atom stereocenters. The minimum absolute atomic E-state index is 0.0434. The number of hydrogen-bond donors (Lipinski definition) is 2. The molecule has 0 spiro atoms. The molecule has 0 aromatic carbocycles. The van der Waals surface area contributed by atoms with Crippen molar-refractivity contribution >= 4 is 23.3 Å². The summed E-state index contributed by atoms with van der Waals surface area (Å²) in [4.78, 5) is 23.4. The van der Waals surface area contributed by atoms with Crippen molar-refractivity contribution in [3.63, 3.8) is 0 Å². The van der Waals surface area contributed by atoms with Crippen LogP contribution >= 0.6 is 11.3 Å². The van der Waals surface area contributed by atoms with Crippen LogP contribution in [0.1, 0.15) is 11.8 Å². The summed E-state index contributed by atoms with van der Waals surface area (Å²) in [6.07, 6.45) is -0.0723. The molecule has 0 atom stereocenters. The Morgan fingerprint density at radius 1 is 1.35 bits per heavy atom. The topological polar surface area (TPSA) is 67.4 Å². The maximum atomic E-state index is 11.4. The lowest BCUT2D eigenvalue weighted by Crippen LogP contribution is -2.35. The van der Waals surface area contributed by atoms with Crippen LogP contribution in [0.25, 0.3) is 0 Å². The van der Waals surface area contributed by atoms with E-state index in [9.17, 15) is 9.59 Å². The number of ether oxygens (including phenoxy) is 1. The number of carbonyl (C=O) groups excluding carboxylic acids is 2. The molecule has 2 amide bonds. The Kier molecular flexibility index (Phi) is 6.09. The third-order valence-electron chi connectivity index (χ3n) is 1.91. The van der Waals surface area contributed by atoms with Crippen molar-refractivity contribution in [1.29, 1.82) is 0 Å². The zero-order valence-corrected chi connectivity index (χ0v) is 10.5. The summed E-state index contributed by atoms with van der Waals surface area (Å²) >= 11 is 1.55. The van der Waals surface area contributed by atoms with Gasteiger partial charge in [0.2, 0.25) is 5.91 Å². The van der Waals surface area contributed by atoms with Crippen molar-refractivity contribution in [2.24, 2.45) is 0 Å². The van der Waals surface area contributed by atoms with Crippen molar-refractivity contribution in [3.8, 4) is 0 Å². The Labute approximate surface area is 104 Å². The molecule has 0 radical (unpaired) electrons. The minimum atomic E-state index is -0.458. The first-order valence-corrected chi connectivity index (χ1v) is 6.30. The van der Waals surface area contributed by atoms with E-state index < -0.39 is 6.09 Å². The summed E-state index contributed by atoms with van der Waals surface area (Å²) in [6.45, 7) is 2.86. The van der Waals surface area contributed by atoms with Gasteiger partial charge in [0.1, 0.15) is 0 Å². The van der Waals surface area contributed by atoms with E-state index in [1.807, 2.05) is 17.5 Å². The molecule has 1 aromatic rings. The Bertz CT molecular complexity index is 352. The lowest BCUT2D eigenvalue weighted by molar-refractivity contribution is -0.120. The molecule has 0 saturated carbocycles. The summed E-state index contributed by atoms with van der Waals surface area (Å²) in [5.41, 5.74) is 0. The molecular weight excluding hydrogens is 240 g/mol. The van der Waals surface area contributed by atoms with E-state index >= 15 is 0 Å². The van der Waals surface area contributed by atoms with Crippen molar-refractivity contribution in [3.05, 3.63) is 22.4 Å². The standard InChI is InChI=1S/C11H16N2O3S/c1-2-16-11(15)13-6-5-12-10(14)8-9-4-3-7-17-9/h3-4,7H,2,5-6,8H2,1H3,(H,12,14)(H,13,15). The average Bonchev–Trinajstić information content (AvgIpc) is 2.77. The van der Waals surface area contributed by atoms with E-state index in [2.05, 4.69) is 15.4 Å². The summed E-state index contributed by atoms with van der Waals surface area (Å²) in [7, 11) is 0. The molecule has 2 N–H and O–H groups in total. The maximum Gasteiger partial charge on any atom is 0.407 e. The first-order valence-electron chi connectivity index (χ1n) is 5.42. The predicted molar refractivity (Wildman–Crippen MR) is 66.1 cm³/mol. The molecule has 0 saturated heterocycles. The molecule has 0 fully saturated rings. The molecule has 0 aliphatic rings. The van der Waals surface area contributed by atoms with Gasteiger partial charge in [-0.2, -0.15) is 0 Å². The highest BCUT2D eigenvalue weighted by molar-refractivity contribution is 7.10. The fourth-order valence-corrected chi connectivity index (χ4v) is 1.89. The molecule has 17 heavy (non-hydrogen) atoms. The third kappa shape index (κ3) is 5.91. The SMILES string of the molecule is CCOC(=O)NCCNC(=O)Cc1cccs1. The Morgan fingerprint density at radius 2 is 2.12 bits per heavy atom. The zero-order chi connectivity index (χ0) is 12.5. The second-order valence-electron chi connectivity index (χ2n) is 3.25. The van der Waals surface area contributed by atoms with Crippen LogP contribution in [0.15, 0.2) is 17.5 Å². The van der Waals surface area contributed by atoms with Crippen LogP contribution in [0, 0.1) is 0 Å². The summed E-state index contributed by atoms with van der Waals surface area (Å²) in [6, 6.07) is 3.83. The number of nitrogens with one attached hydrogen (secondary N) is 2. The van der Waals surface area contributed by atoms with Gasteiger partial charge >= 0.3 is 6.09 Å². The van der Waals surface area contributed by atoms with Gasteiger partial charge in [-0.15, -0.1) is 11.3 Å². The maximum absolute atomic E-state index is 11.4. The second kappa shape index (κ2) is 7.67. The number of hydrogen-bond acceptors (Lipinski definition) is 4. The largest absolute Gasteiger partial charge is 0.450 e. The van der Waals surface area contributed by atoms with Gasteiger partial charge in [0.15, 0.2) is 0 Å². The van der Waals surface area contributed by atoms with Crippen LogP contribution in [-0.2, 0) is 16.0 Å². The number of alkyl carbamates (subject to hydrolysis) is 1. The monoisotopic (exact) mass is 256 g/mol. The number of carbonyl (C=O) groups is 2. The van der Waals surface area contributed by atoms with E-state index in [0.29, 0.717) is 26.1 Å². The number of thiophene rings is 1. The van der Waals surface area contributed by atoms with Crippen molar-refractivity contribution in [2.45, 2.75) is 13.3 Å². The quantitative estimate of drug-likeness (QED) is 0.750. The van der Waals surface area contributed by atoms with E-state index in [0.717, 1.165) is 4.88 Å². The highest BCUT2D eigenvalue weighted by Gasteiger charge is 2.04. The molecule has 1 aromatic heterocycles.